The van der Waals surface area contributed by atoms with E-state index in [9.17, 15) is 35.5 Å². The molecule has 0 aliphatic heterocycles. The molecule has 0 aromatic heterocycles. The molecule has 53 heavy (non-hydrogen) atoms. The second kappa shape index (κ2) is 18.0. The van der Waals surface area contributed by atoms with Crippen LogP contribution in [0.4, 0.5) is 11.4 Å². The second-order valence-electron chi connectivity index (χ2n) is 14.7. The first-order chi connectivity index (χ1) is 24.4. The molecule has 1 aliphatic rings. The number of nitrogens with zero attached hydrogens (tertiary/aromatic N) is 4. The summed E-state index contributed by atoms with van der Waals surface area (Å²) >= 11 is 0. The minimum Gasteiger partial charge on any atom is -0.872 e. The Morgan fingerprint density at radius 1 is 0.679 bits per heavy atom. The Morgan fingerprint density at radius 2 is 1.08 bits per heavy atom. The van der Waals surface area contributed by atoms with E-state index in [1.54, 1.807) is 12.1 Å². The first kappa shape index (κ1) is 42.2. The number of ether oxygens (including phenoxy) is 1. The summed E-state index contributed by atoms with van der Waals surface area (Å²) < 4.78 is 5.49. The third kappa shape index (κ3) is 11.6. The first-order valence-corrected chi connectivity index (χ1v) is 17.0. The van der Waals surface area contributed by atoms with Gasteiger partial charge in [0.05, 0.1) is 21.9 Å². The molecule has 0 heterocycles. The molecule has 281 valence electrons. The van der Waals surface area contributed by atoms with E-state index < -0.39 is 20.7 Å². The Labute approximate surface area is 320 Å². The SMILES string of the molecule is CC(C)(C)c1cc([N+](=O)[O-])cc(C=N[C@@H]2CCCC[C@H]2N=Cc2cc([N+](=O)[O-])cc(C(C)(C)C)c2O)c1O.[Mn].[O-]c1ccc(Oc2ccccc2)cc1. The molecule has 1 fully saturated rings. The number of hydrogen-bond acceptors (Lipinski definition) is 10. The second-order valence-corrected chi connectivity index (χ2v) is 14.7. The Morgan fingerprint density at radius 3 is 1.45 bits per heavy atom. The van der Waals surface area contributed by atoms with E-state index in [1.165, 1.54) is 48.8 Å². The number of non-ortho nitro benzene ring substituents is 2. The minimum atomic E-state index is -0.511. The molecule has 0 unspecified atom stereocenters. The normalized spacial score (nSPS) is 16.0. The Kier molecular flexibility index (Phi) is 14.3. The summed E-state index contributed by atoms with van der Waals surface area (Å²) in [5, 5.41) is 55.5. The molecule has 2 N–H and O–H groups in total. The molecule has 0 bridgehead atoms. The fraction of sp³-hybridized carbons (Fsp3) is 0.350. The van der Waals surface area contributed by atoms with Gasteiger partial charge in [-0.25, -0.2) is 0 Å². The number of hydrogen-bond donors (Lipinski definition) is 2. The molecule has 0 amide bonds. The van der Waals surface area contributed by atoms with Gasteiger partial charge in [0.15, 0.2) is 0 Å². The summed E-state index contributed by atoms with van der Waals surface area (Å²) in [5.41, 5.74) is 0.188. The Hall–Kier alpha value is -5.26. The number of para-hydroxylation sites is 1. The van der Waals surface area contributed by atoms with Gasteiger partial charge in [-0.05, 0) is 47.9 Å². The third-order valence-corrected chi connectivity index (χ3v) is 8.59. The summed E-state index contributed by atoms with van der Waals surface area (Å²) in [4.78, 5) is 31.3. The third-order valence-electron chi connectivity index (χ3n) is 8.59. The number of nitro groups is 2. The van der Waals surface area contributed by atoms with Crippen molar-refractivity contribution < 1.29 is 47.0 Å². The number of aliphatic imine (C=N–C) groups is 2. The van der Waals surface area contributed by atoms with Gasteiger partial charge in [-0.2, -0.15) is 0 Å². The Balaban J connectivity index is 0.000000420. The average molecular weight is 765 g/mol. The molecular formula is C40H45MnN4O8-. The van der Waals surface area contributed by atoms with E-state index in [0.717, 1.165) is 31.4 Å². The molecule has 5 rings (SSSR count). The van der Waals surface area contributed by atoms with Crippen LogP contribution in [0, 0.1) is 20.2 Å². The van der Waals surface area contributed by atoms with Crippen molar-refractivity contribution in [2.24, 2.45) is 9.98 Å². The predicted molar refractivity (Wildman–Crippen MR) is 201 cm³/mol. The van der Waals surface area contributed by atoms with Crippen LogP contribution in [0.25, 0.3) is 0 Å². The van der Waals surface area contributed by atoms with E-state index in [1.807, 2.05) is 71.9 Å². The van der Waals surface area contributed by atoms with Crippen molar-refractivity contribution in [2.45, 2.75) is 90.1 Å². The quantitative estimate of drug-likeness (QED) is 0.0771. The van der Waals surface area contributed by atoms with E-state index in [0.29, 0.717) is 16.9 Å². The zero-order chi connectivity index (χ0) is 38.2. The number of phenols is 2. The van der Waals surface area contributed by atoms with Crippen LogP contribution in [0.3, 0.4) is 0 Å². The maximum absolute atomic E-state index is 11.5. The van der Waals surface area contributed by atoms with E-state index >= 15 is 0 Å². The standard InChI is InChI=1S/C28H36N4O6.C12H10O2.Mn/c1-27(2,3)21-13-19(31(35)36)11-17(25(21)33)15-29-23-9-7-8-10-24(23)30-16-18-12-20(32(37)38)14-22(26(18)34)28(4,5)6;13-10-6-8-12(9-7-10)14-11-4-2-1-3-5-11;/h11-16,23-24,33-34H,7-10H2,1-6H3;1-9,13H;/p-1/t23-,24-;;/m1../s1. The van der Waals surface area contributed by atoms with E-state index in [4.69, 9.17) is 4.74 Å². The molecule has 1 aliphatic carbocycles. The zero-order valence-corrected chi connectivity index (χ0v) is 31.8. The van der Waals surface area contributed by atoms with Gasteiger partial charge >= 0.3 is 0 Å². The summed E-state index contributed by atoms with van der Waals surface area (Å²) in [5.74, 6) is 1.35. The fourth-order valence-electron chi connectivity index (χ4n) is 5.76. The van der Waals surface area contributed by atoms with Crippen LogP contribution in [0.2, 0.25) is 0 Å². The van der Waals surface area contributed by atoms with Crippen LogP contribution < -0.4 is 9.84 Å². The summed E-state index contributed by atoms with van der Waals surface area (Å²) in [6.07, 6.45) is 6.26. The van der Waals surface area contributed by atoms with Gasteiger partial charge in [0.2, 0.25) is 0 Å². The number of benzene rings is 4. The monoisotopic (exact) mass is 764 g/mol. The largest absolute Gasteiger partial charge is 0.872 e. The molecule has 0 spiro atoms. The van der Waals surface area contributed by atoms with Crippen LogP contribution in [-0.2, 0) is 27.9 Å². The van der Waals surface area contributed by atoms with Crippen molar-refractivity contribution in [1.82, 2.24) is 0 Å². The van der Waals surface area contributed by atoms with Crippen molar-refractivity contribution in [2.75, 3.05) is 0 Å². The Bertz CT molecular complexity index is 1840. The van der Waals surface area contributed by atoms with E-state index in [-0.39, 0.29) is 68.9 Å². The van der Waals surface area contributed by atoms with Crippen molar-refractivity contribution in [3.05, 3.63) is 121 Å². The maximum atomic E-state index is 11.5. The molecule has 1 radical (unpaired) electrons. The van der Waals surface area contributed by atoms with Gasteiger partial charge in [-0.15, -0.1) is 5.75 Å². The summed E-state index contributed by atoms with van der Waals surface area (Å²) in [6, 6.07) is 20.6. The molecule has 12 nitrogen and oxygen atoms in total. The van der Waals surface area contributed by atoms with Crippen molar-refractivity contribution in [3.8, 4) is 28.7 Å². The van der Waals surface area contributed by atoms with Gasteiger partial charge < -0.3 is 20.1 Å². The first-order valence-electron chi connectivity index (χ1n) is 17.0. The fourth-order valence-corrected chi connectivity index (χ4v) is 5.76. The van der Waals surface area contributed by atoms with Crippen LogP contribution in [-0.4, -0.2) is 44.6 Å². The molecular weight excluding hydrogens is 719 g/mol. The van der Waals surface area contributed by atoms with Crippen molar-refractivity contribution >= 4 is 23.8 Å². The van der Waals surface area contributed by atoms with E-state index in [2.05, 4.69) is 9.98 Å². The van der Waals surface area contributed by atoms with Gasteiger partial charge in [-0.3, -0.25) is 30.2 Å². The van der Waals surface area contributed by atoms with Gasteiger partial charge in [0.1, 0.15) is 23.0 Å². The number of rotatable bonds is 8. The zero-order valence-electron chi connectivity index (χ0n) is 30.7. The molecule has 4 aromatic rings. The maximum Gasteiger partial charge on any atom is 0.270 e. The summed E-state index contributed by atoms with van der Waals surface area (Å²) in [6.45, 7) is 11.2. The van der Waals surface area contributed by atoms with Crippen molar-refractivity contribution in [3.63, 3.8) is 0 Å². The molecule has 13 heteroatoms. The van der Waals surface area contributed by atoms with Gasteiger partial charge in [0, 0.05) is 76.0 Å². The van der Waals surface area contributed by atoms with Crippen LogP contribution in [0.1, 0.15) is 89.5 Å². The van der Waals surface area contributed by atoms with Gasteiger partial charge in [0.25, 0.3) is 11.4 Å². The smallest absolute Gasteiger partial charge is 0.270 e. The van der Waals surface area contributed by atoms with Crippen LogP contribution >= 0.6 is 0 Å². The molecule has 2 atom stereocenters. The number of phenolic OH excluding ortho intramolecular Hbond substituents is 2. The predicted octanol–water partition coefficient (Wildman–Crippen LogP) is 8.91. The van der Waals surface area contributed by atoms with Crippen LogP contribution in [0.15, 0.2) is 88.8 Å². The number of nitro benzene ring substituents is 2. The molecule has 0 saturated heterocycles. The number of aromatic hydroxyl groups is 2. The van der Waals surface area contributed by atoms with Gasteiger partial charge in [-0.1, -0.05) is 84.7 Å². The van der Waals surface area contributed by atoms with Crippen LogP contribution in [0.5, 0.6) is 28.7 Å². The average Bonchev–Trinajstić information content (AvgIpc) is 3.08. The topological polar surface area (TPSA) is 184 Å². The summed E-state index contributed by atoms with van der Waals surface area (Å²) in [7, 11) is 0. The molecule has 4 aromatic carbocycles. The minimum absolute atomic E-state index is 0. The molecule has 1 saturated carbocycles. The van der Waals surface area contributed by atoms with Crippen molar-refractivity contribution in [1.29, 1.82) is 0 Å².